The van der Waals surface area contributed by atoms with Gasteiger partial charge in [-0.3, -0.25) is 4.90 Å². The highest BCUT2D eigenvalue weighted by atomic mass is 79.9. The Bertz CT molecular complexity index is 377. The Morgan fingerprint density at radius 1 is 1.21 bits per heavy atom. The molecule has 3 rings (SSSR count). The van der Waals surface area contributed by atoms with Crippen molar-refractivity contribution in [1.82, 2.24) is 10.2 Å². The molecular formula is C15H23BrN2S. The van der Waals surface area contributed by atoms with E-state index in [4.69, 9.17) is 0 Å². The molecule has 1 saturated heterocycles. The third-order valence-corrected chi connectivity index (χ3v) is 6.50. The Morgan fingerprint density at radius 2 is 1.95 bits per heavy atom. The van der Waals surface area contributed by atoms with Crippen molar-refractivity contribution in [3.63, 3.8) is 0 Å². The van der Waals surface area contributed by atoms with E-state index in [9.17, 15) is 0 Å². The van der Waals surface area contributed by atoms with Crippen LogP contribution in [0.25, 0.3) is 0 Å². The summed E-state index contributed by atoms with van der Waals surface area (Å²) in [5.41, 5.74) is 0. The van der Waals surface area contributed by atoms with E-state index in [1.165, 1.54) is 49.7 Å². The second-order valence-corrected chi connectivity index (χ2v) is 7.56. The van der Waals surface area contributed by atoms with Gasteiger partial charge in [-0.1, -0.05) is 19.3 Å². The molecule has 2 aliphatic rings. The molecule has 2 fully saturated rings. The fraction of sp³-hybridized carbons (Fsp3) is 0.733. The van der Waals surface area contributed by atoms with Crippen molar-refractivity contribution in [1.29, 1.82) is 0 Å². The molecule has 0 aromatic carbocycles. The smallest absolute Gasteiger partial charge is 0.0482 e. The van der Waals surface area contributed by atoms with Crippen molar-refractivity contribution in [3.05, 3.63) is 20.8 Å². The van der Waals surface area contributed by atoms with E-state index in [-0.39, 0.29) is 0 Å². The van der Waals surface area contributed by atoms with Gasteiger partial charge in [0.05, 0.1) is 0 Å². The highest BCUT2D eigenvalue weighted by Crippen LogP contribution is 2.43. The third kappa shape index (κ3) is 3.23. The van der Waals surface area contributed by atoms with E-state index >= 15 is 0 Å². The van der Waals surface area contributed by atoms with E-state index in [0.717, 1.165) is 19.0 Å². The lowest BCUT2D eigenvalue weighted by atomic mass is 9.82. The first-order valence-electron chi connectivity index (χ1n) is 7.54. The number of hydrogen-bond acceptors (Lipinski definition) is 3. The van der Waals surface area contributed by atoms with Crippen LogP contribution < -0.4 is 5.32 Å². The minimum atomic E-state index is 0.650. The van der Waals surface area contributed by atoms with Crippen LogP contribution in [-0.4, -0.2) is 31.1 Å². The van der Waals surface area contributed by atoms with Gasteiger partial charge in [-0.15, -0.1) is 11.3 Å². The number of halogens is 1. The molecule has 2 nitrogen and oxygen atoms in total. The van der Waals surface area contributed by atoms with Crippen LogP contribution in [0.3, 0.4) is 0 Å². The van der Waals surface area contributed by atoms with Crippen LogP contribution in [0.1, 0.15) is 43.0 Å². The van der Waals surface area contributed by atoms with E-state index in [1.807, 2.05) is 11.3 Å². The molecule has 2 heterocycles. The molecule has 0 radical (unpaired) electrons. The van der Waals surface area contributed by atoms with Gasteiger partial charge in [0, 0.05) is 41.6 Å². The normalized spacial score (nSPS) is 24.5. The lowest BCUT2D eigenvalue weighted by Crippen LogP contribution is -2.47. The minimum absolute atomic E-state index is 0.650. The summed E-state index contributed by atoms with van der Waals surface area (Å²) in [6.07, 6.45) is 7.13. The van der Waals surface area contributed by atoms with Gasteiger partial charge in [0.15, 0.2) is 0 Å². The van der Waals surface area contributed by atoms with Crippen molar-refractivity contribution in [3.8, 4) is 0 Å². The first kappa shape index (κ1) is 14.1. The van der Waals surface area contributed by atoms with Gasteiger partial charge in [0.2, 0.25) is 0 Å². The summed E-state index contributed by atoms with van der Waals surface area (Å²) in [6, 6.07) is 2.87. The second-order valence-electron chi connectivity index (χ2n) is 5.76. The molecule has 1 atom stereocenters. The molecule has 1 aromatic heterocycles. The number of thiophene rings is 1. The average Bonchev–Trinajstić information content (AvgIpc) is 2.88. The minimum Gasteiger partial charge on any atom is -0.314 e. The standard InChI is InChI=1S/C15H23BrN2S/c16-13-6-11-19-15(13)14(12-4-2-1-3-5-12)18-9-7-17-8-10-18/h6,11-12,14,17H,1-5,7-10H2/t14-/m0/s1. The van der Waals surface area contributed by atoms with Crippen LogP contribution in [0.4, 0.5) is 0 Å². The Morgan fingerprint density at radius 3 is 2.58 bits per heavy atom. The molecule has 106 valence electrons. The monoisotopic (exact) mass is 342 g/mol. The molecule has 1 aromatic rings. The Balaban J connectivity index is 1.83. The summed E-state index contributed by atoms with van der Waals surface area (Å²) < 4.78 is 1.33. The summed E-state index contributed by atoms with van der Waals surface area (Å²) >= 11 is 5.70. The second kappa shape index (κ2) is 6.70. The van der Waals surface area contributed by atoms with Crippen LogP contribution in [-0.2, 0) is 0 Å². The van der Waals surface area contributed by atoms with E-state index in [2.05, 4.69) is 37.6 Å². The largest absolute Gasteiger partial charge is 0.314 e. The lowest BCUT2D eigenvalue weighted by Gasteiger charge is -2.40. The molecule has 19 heavy (non-hydrogen) atoms. The number of hydrogen-bond donors (Lipinski definition) is 1. The van der Waals surface area contributed by atoms with E-state index in [0.29, 0.717) is 6.04 Å². The number of nitrogens with zero attached hydrogens (tertiary/aromatic N) is 1. The van der Waals surface area contributed by atoms with Crippen molar-refractivity contribution in [2.45, 2.75) is 38.1 Å². The summed E-state index contributed by atoms with van der Waals surface area (Å²) in [5, 5.41) is 5.72. The maximum atomic E-state index is 3.77. The lowest BCUT2D eigenvalue weighted by molar-refractivity contribution is 0.105. The van der Waals surface area contributed by atoms with Crippen molar-refractivity contribution in [2.24, 2.45) is 5.92 Å². The highest BCUT2D eigenvalue weighted by Gasteiger charge is 2.32. The molecule has 4 heteroatoms. The Labute approximate surface area is 128 Å². The van der Waals surface area contributed by atoms with Gasteiger partial charge >= 0.3 is 0 Å². The summed E-state index contributed by atoms with van der Waals surface area (Å²) in [6.45, 7) is 4.69. The summed E-state index contributed by atoms with van der Waals surface area (Å²) in [4.78, 5) is 4.29. The SMILES string of the molecule is Brc1ccsc1[C@H](C1CCCCC1)N1CCNCC1. The quantitative estimate of drug-likeness (QED) is 0.891. The van der Waals surface area contributed by atoms with E-state index in [1.54, 1.807) is 4.88 Å². The molecule has 0 bridgehead atoms. The maximum absolute atomic E-state index is 3.77. The highest BCUT2D eigenvalue weighted by molar-refractivity contribution is 9.10. The van der Waals surface area contributed by atoms with Gasteiger partial charge in [0.25, 0.3) is 0 Å². The molecule has 1 N–H and O–H groups in total. The summed E-state index contributed by atoms with van der Waals surface area (Å²) in [5.74, 6) is 0.863. The zero-order valence-corrected chi connectivity index (χ0v) is 13.8. The fourth-order valence-corrected chi connectivity index (χ4v) is 5.44. The van der Waals surface area contributed by atoms with E-state index < -0.39 is 0 Å². The molecule has 0 spiro atoms. The molecule has 0 amide bonds. The van der Waals surface area contributed by atoms with Crippen LogP contribution in [0.15, 0.2) is 15.9 Å². The molecule has 1 aliphatic carbocycles. The zero-order chi connectivity index (χ0) is 13.1. The Kier molecular flexibility index (Phi) is 4.96. The van der Waals surface area contributed by atoms with Crippen LogP contribution >= 0.6 is 27.3 Å². The number of piperazine rings is 1. The zero-order valence-electron chi connectivity index (χ0n) is 11.4. The summed E-state index contributed by atoms with van der Waals surface area (Å²) in [7, 11) is 0. The van der Waals surface area contributed by atoms with Gasteiger partial charge in [-0.2, -0.15) is 0 Å². The van der Waals surface area contributed by atoms with Crippen LogP contribution in [0.2, 0.25) is 0 Å². The fourth-order valence-electron chi connectivity index (χ4n) is 3.60. The predicted octanol–water partition coefficient (Wildman–Crippen LogP) is 4.04. The molecule has 1 aliphatic heterocycles. The van der Waals surface area contributed by atoms with Crippen molar-refractivity contribution >= 4 is 27.3 Å². The van der Waals surface area contributed by atoms with Crippen molar-refractivity contribution < 1.29 is 0 Å². The van der Waals surface area contributed by atoms with Crippen molar-refractivity contribution in [2.75, 3.05) is 26.2 Å². The molecule has 1 saturated carbocycles. The maximum Gasteiger partial charge on any atom is 0.0482 e. The number of rotatable bonds is 3. The Hall–Kier alpha value is 0.1000. The molecule has 0 unspecified atom stereocenters. The van der Waals surface area contributed by atoms with Crippen LogP contribution in [0, 0.1) is 5.92 Å². The first-order chi connectivity index (χ1) is 9.36. The average molecular weight is 343 g/mol. The first-order valence-corrected chi connectivity index (χ1v) is 9.21. The van der Waals surface area contributed by atoms with Gasteiger partial charge in [0.1, 0.15) is 0 Å². The van der Waals surface area contributed by atoms with Gasteiger partial charge in [-0.25, -0.2) is 0 Å². The number of nitrogens with one attached hydrogen (secondary N) is 1. The topological polar surface area (TPSA) is 15.3 Å². The third-order valence-electron chi connectivity index (χ3n) is 4.55. The van der Waals surface area contributed by atoms with Gasteiger partial charge < -0.3 is 5.32 Å². The van der Waals surface area contributed by atoms with Gasteiger partial charge in [-0.05, 0) is 46.1 Å². The van der Waals surface area contributed by atoms with Crippen LogP contribution in [0.5, 0.6) is 0 Å². The predicted molar refractivity (Wildman–Crippen MR) is 85.8 cm³/mol. The molecular weight excluding hydrogens is 320 g/mol.